The van der Waals surface area contributed by atoms with Gasteiger partial charge in [-0.05, 0) is 13.0 Å². The summed E-state index contributed by atoms with van der Waals surface area (Å²) in [6.07, 6.45) is 0. The van der Waals surface area contributed by atoms with Crippen LogP contribution in [0.3, 0.4) is 0 Å². The smallest absolute Gasteiger partial charge is 0.356 e. The fourth-order valence-corrected chi connectivity index (χ4v) is 1.34. The zero-order valence-electron chi connectivity index (χ0n) is 8.21. The lowest BCUT2D eigenvalue weighted by Gasteiger charge is -1.99. The average Bonchev–Trinajstić information content (AvgIpc) is 2.61. The first-order valence-corrected chi connectivity index (χ1v) is 4.33. The molecule has 0 saturated heterocycles. The minimum absolute atomic E-state index is 0.137. The molecule has 0 radical (unpaired) electrons. The number of carboxylic acids is 2. The van der Waals surface area contributed by atoms with Crippen LogP contribution in [0, 0.1) is 6.92 Å². The van der Waals surface area contributed by atoms with Crippen molar-refractivity contribution in [1.82, 2.24) is 14.6 Å². The van der Waals surface area contributed by atoms with Crippen LogP contribution in [0.4, 0.5) is 0 Å². The van der Waals surface area contributed by atoms with E-state index in [4.69, 9.17) is 10.2 Å². The fraction of sp³-hybridized carbons (Fsp3) is 0.111. The molecular formula is C9H7N3O4. The molecule has 2 N–H and O–H groups in total. The number of aromatic carboxylic acids is 2. The number of hydrogen-bond acceptors (Lipinski definition) is 4. The molecule has 0 bridgehead atoms. The Balaban J connectivity index is 2.72. The van der Waals surface area contributed by atoms with Gasteiger partial charge in [0.05, 0.1) is 0 Å². The molecule has 0 unspecified atom stereocenters. The molecule has 7 nitrogen and oxygen atoms in total. The van der Waals surface area contributed by atoms with Gasteiger partial charge in [-0.25, -0.2) is 19.1 Å². The fourth-order valence-electron chi connectivity index (χ4n) is 1.34. The summed E-state index contributed by atoms with van der Waals surface area (Å²) < 4.78 is 1.29. The van der Waals surface area contributed by atoms with Crippen LogP contribution in [0.25, 0.3) is 5.65 Å². The molecule has 16 heavy (non-hydrogen) atoms. The van der Waals surface area contributed by atoms with Crippen LogP contribution in [0.2, 0.25) is 0 Å². The normalized spacial score (nSPS) is 10.6. The highest BCUT2D eigenvalue weighted by Gasteiger charge is 2.14. The summed E-state index contributed by atoms with van der Waals surface area (Å²) in [6.45, 7) is 1.62. The van der Waals surface area contributed by atoms with Crippen molar-refractivity contribution in [1.29, 1.82) is 0 Å². The maximum Gasteiger partial charge on any atom is 0.356 e. The Morgan fingerprint density at radius 1 is 1.19 bits per heavy atom. The van der Waals surface area contributed by atoms with Gasteiger partial charge in [-0.3, -0.25) is 0 Å². The van der Waals surface area contributed by atoms with E-state index in [2.05, 4.69) is 10.1 Å². The lowest BCUT2D eigenvalue weighted by atomic mass is 10.3. The van der Waals surface area contributed by atoms with Gasteiger partial charge >= 0.3 is 11.9 Å². The number of aryl methyl sites for hydroxylation is 1. The van der Waals surface area contributed by atoms with Crippen LogP contribution in [-0.2, 0) is 0 Å². The summed E-state index contributed by atoms with van der Waals surface area (Å²) in [7, 11) is 0. The van der Waals surface area contributed by atoms with Crippen molar-refractivity contribution in [2.75, 3.05) is 0 Å². The van der Waals surface area contributed by atoms with E-state index in [1.807, 2.05) is 0 Å². The van der Waals surface area contributed by atoms with Crippen LogP contribution in [0.15, 0.2) is 12.1 Å². The summed E-state index contributed by atoms with van der Waals surface area (Å²) in [4.78, 5) is 25.2. The Bertz CT molecular complexity index is 602. The zero-order chi connectivity index (χ0) is 11.9. The summed E-state index contributed by atoms with van der Waals surface area (Å²) in [5.74, 6) is -2.34. The zero-order valence-corrected chi connectivity index (χ0v) is 8.21. The van der Waals surface area contributed by atoms with E-state index in [0.29, 0.717) is 5.69 Å². The molecular weight excluding hydrogens is 214 g/mol. The first kappa shape index (κ1) is 10.1. The highest BCUT2D eigenvalue weighted by molar-refractivity contribution is 5.88. The third kappa shape index (κ3) is 1.48. The third-order valence-electron chi connectivity index (χ3n) is 2.04. The van der Waals surface area contributed by atoms with Gasteiger partial charge in [-0.15, -0.1) is 0 Å². The van der Waals surface area contributed by atoms with Gasteiger partial charge in [0.2, 0.25) is 0 Å². The van der Waals surface area contributed by atoms with Crippen molar-refractivity contribution in [3.63, 3.8) is 0 Å². The standard InChI is InChI=1S/C9H7N3O4/c1-4-2-5(8(13)14)10-7-3-6(9(15)16)11-12(4)7/h2-3H,1H3,(H,13,14)(H,15,16). The number of rotatable bonds is 2. The molecule has 0 atom stereocenters. The molecule has 82 valence electrons. The topological polar surface area (TPSA) is 105 Å². The molecule has 0 aromatic carbocycles. The minimum atomic E-state index is -1.18. The SMILES string of the molecule is Cc1cc(C(=O)O)nc2cc(C(=O)O)nn12. The van der Waals surface area contributed by atoms with E-state index in [1.54, 1.807) is 6.92 Å². The van der Waals surface area contributed by atoms with Gasteiger partial charge in [0.1, 0.15) is 0 Å². The molecule has 0 saturated carbocycles. The highest BCUT2D eigenvalue weighted by Crippen LogP contribution is 2.09. The van der Waals surface area contributed by atoms with E-state index in [1.165, 1.54) is 16.6 Å². The van der Waals surface area contributed by atoms with Gasteiger partial charge in [0.25, 0.3) is 0 Å². The van der Waals surface area contributed by atoms with Crippen LogP contribution in [-0.4, -0.2) is 36.7 Å². The van der Waals surface area contributed by atoms with Crippen molar-refractivity contribution in [2.45, 2.75) is 6.92 Å². The van der Waals surface area contributed by atoms with Crippen LogP contribution in [0.1, 0.15) is 26.7 Å². The molecule has 2 heterocycles. The molecule has 2 rings (SSSR count). The lowest BCUT2D eigenvalue weighted by Crippen LogP contribution is -2.05. The second-order valence-electron chi connectivity index (χ2n) is 3.19. The van der Waals surface area contributed by atoms with E-state index in [0.717, 1.165) is 0 Å². The van der Waals surface area contributed by atoms with Gasteiger partial charge in [-0.1, -0.05) is 0 Å². The van der Waals surface area contributed by atoms with E-state index in [-0.39, 0.29) is 17.0 Å². The van der Waals surface area contributed by atoms with Gasteiger partial charge in [0.15, 0.2) is 17.0 Å². The van der Waals surface area contributed by atoms with Gasteiger partial charge < -0.3 is 10.2 Å². The number of fused-ring (bicyclic) bond motifs is 1. The van der Waals surface area contributed by atoms with Crippen LogP contribution >= 0.6 is 0 Å². The van der Waals surface area contributed by atoms with Crippen molar-refractivity contribution in [2.24, 2.45) is 0 Å². The van der Waals surface area contributed by atoms with E-state index >= 15 is 0 Å². The summed E-state index contributed by atoms with van der Waals surface area (Å²) in [6, 6.07) is 2.55. The largest absolute Gasteiger partial charge is 0.477 e. The van der Waals surface area contributed by atoms with Gasteiger partial charge in [-0.2, -0.15) is 5.10 Å². The molecule has 0 aliphatic carbocycles. The Morgan fingerprint density at radius 3 is 2.38 bits per heavy atom. The van der Waals surface area contributed by atoms with E-state index < -0.39 is 11.9 Å². The second kappa shape index (κ2) is 3.30. The molecule has 2 aromatic rings. The summed E-state index contributed by atoms with van der Waals surface area (Å²) in [5.41, 5.74) is 0.407. The molecule has 0 amide bonds. The first-order chi connectivity index (χ1) is 7.49. The lowest BCUT2D eigenvalue weighted by molar-refractivity contribution is 0.0679. The van der Waals surface area contributed by atoms with E-state index in [9.17, 15) is 9.59 Å². The maximum atomic E-state index is 10.7. The summed E-state index contributed by atoms with van der Waals surface area (Å²) in [5, 5.41) is 21.3. The maximum absolute atomic E-state index is 10.7. The Kier molecular flexibility index (Phi) is 2.08. The number of aromatic nitrogens is 3. The predicted molar refractivity (Wildman–Crippen MR) is 51.6 cm³/mol. The molecule has 2 aromatic heterocycles. The number of carboxylic acid groups (broad SMARTS) is 2. The van der Waals surface area contributed by atoms with Crippen LogP contribution in [0.5, 0.6) is 0 Å². The number of hydrogen-bond donors (Lipinski definition) is 2. The molecule has 0 fully saturated rings. The second-order valence-corrected chi connectivity index (χ2v) is 3.19. The Labute approximate surface area is 89.0 Å². The predicted octanol–water partition coefficient (Wildman–Crippen LogP) is 0.434. The summed E-state index contributed by atoms with van der Waals surface area (Å²) >= 11 is 0. The van der Waals surface area contributed by atoms with Crippen molar-refractivity contribution in [3.05, 3.63) is 29.2 Å². The molecule has 0 aliphatic heterocycles. The van der Waals surface area contributed by atoms with Crippen molar-refractivity contribution < 1.29 is 19.8 Å². The number of carbonyl (C=O) groups is 2. The third-order valence-corrected chi connectivity index (χ3v) is 2.04. The quantitative estimate of drug-likeness (QED) is 0.762. The van der Waals surface area contributed by atoms with Crippen molar-refractivity contribution in [3.8, 4) is 0 Å². The Morgan fingerprint density at radius 2 is 1.81 bits per heavy atom. The Hall–Kier alpha value is -2.44. The molecule has 0 spiro atoms. The molecule has 7 heteroatoms. The number of nitrogens with zero attached hydrogens (tertiary/aromatic N) is 3. The average molecular weight is 221 g/mol. The highest BCUT2D eigenvalue weighted by atomic mass is 16.4. The first-order valence-electron chi connectivity index (χ1n) is 4.33. The van der Waals surface area contributed by atoms with Crippen LogP contribution < -0.4 is 0 Å². The monoisotopic (exact) mass is 221 g/mol. The van der Waals surface area contributed by atoms with Crippen molar-refractivity contribution >= 4 is 17.6 Å². The van der Waals surface area contributed by atoms with Gasteiger partial charge in [0, 0.05) is 11.8 Å². The molecule has 0 aliphatic rings. The minimum Gasteiger partial charge on any atom is -0.477 e.